The summed E-state index contributed by atoms with van der Waals surface area (Å²) in [5, 5.41) is 0. The number of hydrogen-bond acceptors (Lipinski definition) is 4. The fourth-order valence-corrected chi connectivity index (χ4v) is 1.94. The predicted octanol–water partition coefficient (Wildman–Crippen LogP) is 1.22. The molecule has 0 fully saturated rings. The monoisotopic (exact) mass is 220 g/mol. The van der Waals surface area contributed by atoms with Crippen LogP contribution in [0.15, 0.2) is 18.2 Å². The van der Waals surface area contributed by atoms with Crippen molar-refractivity contribution in [2.75, 3.05) is 14.2 Å². The SMILES string of the molecule is COC(=O)C1Cc2cc(OC)ccc2C1=O. The van der Waals surface area contributed by atoms with Crippen LogP contribution in [0.5, 0.6) is 5.75 Å². The molecule has 0 saturated carbocycles. The van der Waals surface area contributed by atoms with E-state index in [2.05, 4.69) is 4.74 Å². The van der Waals surface area contributed by atoms with E-state index in [4.69, 9.17) is 4.74 Å². The second-order valence-electron chi connectivity index (χ2n) is 3.67. The summed E-state index contributed by atoms with van der Waals surface area (Å²) in [5.74, 6) is -0.631. The minimum absolute atomic E-state index is 0.162. The summed E-state index contributed by atoms with van der Waals surface area (Å²) in [6.07, 6.45) is 0.401. The van der Waals surface area contributed by atoms with Crippen molar-refractivity contribution in [3.05, 3.63) is 29.3 Å². The summed E-state index contributed by atoms with van der Waals surface area (Å²) in [5.41, 5.74) is 1.44. The lowest BCUT2D eigenvalue weighted by Crippen LogP contribution is -2.21. The summed E-state index contributed by atoms with van der Waals surface area (Å²) in [6, 6.07) is 5.20. The second kappa shape index (κ2) is 3.96. The molecule has 1 atom stereocenters. The minimum Gasteiger partial charge on any atom is -0.497 e. The van der Waals surface area contributed by atoms with Crippen LogP contribution in [0.4, 0.5) is 0 Å². The molecule has 0 amide bonds. The molecule has 0 aromatic heterocycles. The van der Waals surface area contributed by atoms with Crippen molar-refractivity contribution in [1.29, 1.82) is 0 Å². The molecule has 84 valence electrons. The molecule has 1 aliphatic carbocycles. The van der Waals surface area contributed by atoms with E-state index in [0.29, 0.717) is 17.7 Å². The summed E-state index contributed by atoms with van der Waals surface area (Å²) >= 11 is 0. The third kappa shape index (κ3) is 1.56. The Labute approximate surface area is 93.2 Å². The summed E-state index contributed by atoms with van der Waals surface area (Å²) in [6.45, 7) is 0. The van der Waals surface area contributed by atoms with Gasteiger partial charge in [0.1, 0.15) is 11.7 Å². The van der Waals surface area contributed by atoms with Crippen molar-refractivity contribution < 1.29 is 19.1 Å². The first-order valence-corrected chi connectivity index (χ1v) is 4.96. The van der Waals surface area contributed by atoms with Gasteiger partial charge in [-0.25, -0.2) is 0 Å². The van der Waals surface area contributed by atoms with Crippen molar-refractivity contribution in [2.24, 2.45) is 5.92 Å². The van der Waals surface area contributed by atoms with Gasteiger partial charge in [-0.3, -0.25) is 9.59 Å². The number of ketones is 1. The third-order valence-electron chi connectivity index (χ3n) is 2.80. The van der Waals surface area contributed by atoms with Crippen LogP contribution < -0.4 is 4.74 Å². The van der Waals surface area contributed by atoms with Gasteiger partial charge in [-0.1, -0.05) is 0 Å². The summed E-state index contributed by atoms with van der Waals surface area (Å²) in [7, 11) is 2.86. The standard InChI is InChI=1S/C12H12O4/c1-15-8-3-4-9-7(5-8)6-10(11(9)13)12(14)16-2/h3-5,10H,6H2,1-2H3. The van der Waals surface area contributed by atoms with E-state index >= 15 is 0 Å². The smallest absolute Gasteiger partial charge is 0.316 e. The topological polar surface area (TPSA) is 52.6 Å². The van der Waals surface area contributed by atoms with Gasteiger partial charge in [-0.2, -0.15) is 0 Å². The van der Waals surface area contributed by atoms with Crippen LogP contribution in [-0.2, 0) is 16.0 Å². The number of carbonyl (C=O) groups excluding carboxylic acids is 2. The number of Topliss-reactive ketones (excluding diaryl/α,β-unsaturated/α-hetero) is 1. The minimum atomic E-state index is -0.688. The van der Waals surface area contributed by atoms with E-state index in [-0.39, 0.29) is 5.78 Å². The molecule has 0 heterocycles. The van der Waals surface area contributed by atoms with Crippen LogP contribution in [-0.4, -0.2) is 26.0 Å². The first kappa shape index (κ1) is 10.7. The molecule has 0 aliphatic heterocycles. The zero-order valence-electron chi connectivity index (χ0n) is 9.15. The lowest BCUT2D eigenvalue weighted by molar-refractivity contribution is -0.143. The van der Waals surface area contributed by atoms with Crippen LogP contribution in [0, 0.1) is 5.92 Å². The lowest BCUT2D eigenvalue weighted by Gasteiger charge is -2.03. The molecule has 1 aliphatic rings. The van der Waals surface area contributed by atoms with Gasteiger partial charge in [0.2, 0.25) is 0 Å². The molecule has 2 rings (SSSR count). The number of ether oxygens (including phenoxy) is 2. The molecule has 1 aromatic carbocycles. The maximum atomic E-state index is 11.9. The van der Waals surface area contributed by atoms with Crippen molar-refractivity contribution in [2.45, 2.75) is 6.42 Å². The number of rotatable bonds is 2. The predicted molar refractivity (Wildman–Crippen MR) is 56.5 cm³/mol. The van der Waals surface area contributed by atoms with Gasteiger partial charge in [0, 0.05) is 5.56 Å². The van der Waals surface area contributed by atoms with Crippen LogP contribution in [0.3, 0.4) is 0 Å². The Morgan fingerprint density at radius 1 is 1.38 bits per heavy atom. The molecule has 16 heavy (non-hydrogen) atoms. The van der Waals surface area contributed by atoms with Gasteiger partial charge in [0.15, 0.2) is 5.78 Å². The number of methoxy groups -OCH3 is 2. The van der Waals surface area contributed by atoms with E-state index < -0.39 is 11.9 Å². The van der Waals surface area contributed by atoms with Gasteiger partial charge >= 0.3 is 5.97 Å². The highest BCUT2D eigenvalue weighted by atomic mass is 16.5. The second-order valence-corrected chi connectivity index (χ2v) is 3.67. The van der Waals surface area contributed by atoms with Gasteiger partial charge in [0.05, 0.1) is 14.2 Å². The van der Waals surface area contributed by atoms with Crippen LogP contribution >= 0.6 is 0 Å². The average molecular weight is 220 g/mol. The molecule has 0 N–H and O–H groups in total. The van der Waals surface area contributed by atoms with E-state index in [1.165, 1.54) is 7.11 Å². The number of fused-ring (bicyclic) bond motifs is 1. The molecular formula is C12H12O4. The van der Waals surface area contributed by atoms with Crippen molar-refractivity contribution in [3.8, 4) is 5.75 Å². The molecule has 4 heteroatoms. The fourth-order valence-electron chi connectivity index (χ4n) is 1.94. The molecule has 0 saturated heterocycles. The Morgan fingerprint density at radius 3 is 2.75 bits per heavy atom. The van der Waals surface area contributed by atoms with E-state index in [1.807, 2.05) is 0 Å². The highest BCUT2D eigenvalue weighted by Crippen LogP contribution is 2.30. The molecule has 1 aromatic rings. The number of carbonyl (C=O) groups is 2. The van der Waals surface area contributed by atoms with Gasteiger partial charge in [0.25, 0.3) is 0 Å². The first-order valence-electron chi connectivity index (χ1n) is 4.96. The van der Waals surface area contributed by atoms with Gasteiger partial charge in [-0.05, 0) is 30.2 Å². The van der Waals surface area contributed by atoms with Gasteiger partial charge in [-0.15, -0.1) is 0 Å². The Hall–Kier alpha value is -1.84. The van der Waals surface area contributed by atoms with Crippen molar-refractivity contribution in [3.63, 3.8) is 0 Å². The molecule has 4 nitrogen and oxygen atoms in total. The van der Waals surface area contributed by atoms with E-state index in [1.54, 1.807) is 25.3 Å². The fraction of sp³-hybridized carbons (Fsp3) is 0.333. The molecular weight excluding hydrogens is 208 g/mol. The largest absolute Gasteiger partial charge is 0.497 e. The van der Waals surface area contributed by atoms with Crippen LogP contribution in [0.1, 0.15) is 15.9 Å². The first-order chi connectivity index (χ1) is 7.67. The van der Waals surface area contributed by atoms with Crippen molar-refractivity contribution in [1.82, 2.24) is 0 Å². The summed E-state index contributed by atoms with van der Waals surface area (Å²) < 4.78 is 9.67. The lowest BCUT2D eigenvalue weighted by atomic mass is 10.1. The van der Waals surface area contributed by atoms with Crippen molar-refractivity contribution >= 4 is 11.8 Å². The quantitative estimate of drug-likeness (QED) is 0.555. The number of esters is 1. The highest BCUT2D eigenvalue weighted by Gasteiger charge is 2.36. The molecule has 0 spiro atoms. The third-order valence-corrected chi connectivity index (χ3v) is 2.80. The summed E-state index contributed by atoms with van der Waals surface area (Å²) in [4.78, 5) is 23.2. The Morgan fingerprint density at radius 2 is 2.12 bits per heavy atom. The zero-order valence-corrected chi connectivity index (χ0v) is 9.15. The average Bonchev–Trinajstić information content (AvgIpc) is 2.65. The van der Waals surface area contributed by atoms with Gasteiger partial charge < -0.3 is 9.47 Å². The van der Waals surface area contributed by atoms with E-state index in [9.17, 15) is 9.59 Å². The normalized spacial score (nSPS) is 18.1. The molecule has 0 radical (unpaired) electrons. The highest BCUT2D eigenvalue weighted by molar-refractivity contribution is 6.12. The maximum Gasteiger partial charge on any atom is 0.316 e. The zero-order chi connectivity index (χ0) is 11.7. The number of hydrogen-bond donors (Lipinski definition) is 0. The van der Waals surface area contributed by atoms with E-state index in [0.717, 1.165) is 5.56 Å². The Kier molecular flexibility index (Phi) is 2.64. The Balaban J connectivity index is 2.34. The van der Waals surface area contributed by atoms with Crippen LogP contribution in [0.25, 0.3) is 0 Å². The number of benzene rings is 1. The molecule has 1 unspecified atom stereocenters. The maximum absolute atomic E-state index is 11.9. The van der Waals surface area contributed by atoms with Crippen LogP contribution in [0.2, 0.25) is 0 Å². The molecule has 0 bridgehead atoms. The Bertz CT molecular complexity index is 450.